The van der Waals surface area contributed by atoms with E-state index in [1.807, 2.05) is 42.5 Å². The zero-order chi connectivity index (χ0) is 24.4. The van der Waals surface area contributed by atoms with Gasteiger partial charge in [-0.05, 0) is 34.4 Å². The van der Waals surface area contributed by atoms with Crippen LogP contribution in [0.15, 0.2) is 66.7 Å². The largest absolute Gasteiger partial charge is 0.508 e. The molecule has 3 aromatic rings. The van der Waals surface area contributed by atoms with E-state index in [2.05, 4.69) is 41.5 Å². The second-order valence-corrected chi connectivity index (χ2v) is 7.66. The van der Waals surface area contributed by atoms with Gasteiger partial charge in [0.1, 0.15) is 17.2 Å². The van der Waals surface area contributed by atoms with Gasteiger partial charge in [-0.25, -0.2) is 0 Å². The molecule has 0 fully saturated rings. The van der Waals surface area contributed by atoms with Crippen LogP contribution >= 0.6 is 0 Å². The molecule has 0 saturated heterocycles. The van der Waals surface area contributed by atoms with Gasteiger partial charge in [0.15, 0.2) is 0 Å². The first-order valence-electron chi connectivity index (χ1n) is 11.7. The van der Waals surface area contributed by atoms with Crippen molar-refractivity contribution in [2.24, 2.45) is 0 Å². The van der Waals surface area contributed by atoms with Crippen LogP contribution < -0.4 is 0 Å². The summed E-state index contributed by atoms with van der Waals surface area (Å²) in [6, 6.07) is 19.8. The number of phenolic OH excluding ortho intramolecular Hbond substituents is 3. The third-order valence-electron chi connectivity index (χ3n) is 3.95. The average molecular weight is 439 g/mol. The number of para-hydroxylation sites is 3. The summed E-state index contributed by atoms with van der Waals surface area (Å²) >= 11 is 0. The normalized spacial score (nSPS) is 9.31. The fourth-order valence-electron chi connectivity index (χ4n) is 2.66. The van der Waals surface area contributed by atoms with Crippen LogP contribution in [0, 0.1) is 0 Å². The van der Waals surface area contributed by atoms with E-state index in [1.165, 1.54) is 19.3 Å². The van der Waals surface area contributed by atoms with E-state index in [9.17, 15) is 15.3 Å². The standard InChI is InChI=1S/C20H18O3.3C3H8/c21-18-10-3-1-6-14(18)12-16-8-5-9-17(20(16)23)13-15-7-2-4-11-19(15)22;3*1-3-2/h1-11,21-23H,12-13H2;3*3H2,1-2H3. The molecule has 0 bridgehead atoms. The maximum absolute atomic E-state index is 10.5. The Kier molecular flexibility index (Phi) is 16.1. The molecule has 0 radical (unpaired) electrons. The first-order valence-corrected chi connectivity index (χ1v) is 11.7. The van der Waals surface area contributed by atoms with Crippen LogP contribution in [-0.2, 0) is 12.8 Å². The van der Waals surface area contributed by atoms with Gasteiger partial charge < -0.3 is 15.3 Å². The lowest BCUT2D eigenvalue weighted by atomic mass is 9.97. The van der Waals surface area contributed by atoms with Gasteiger partial charge in [0.05, 0.1) is 0 Å². The van der Waals surface area contributed by atoms with Gasteiger partial charge in [0, 0.05) is 12.8 Å². The number of hydrogen-bond donors (Lipinski definition) is 3. The molecule has 3 heteroatoms. The summed E-state index contributed by atoms with van der Waals surface area (Å²) in [6.45, 7) is 12.8. The minimum absolute atomic E-state index is 0.207. The highest BCUT2D eigenvalue weighted by atomic mass is 16.3. The third kappa shape index (κ3) is 10.9. The Morgan fingerprint density at radius 2 is 0.719 bits per heavy atom. The highest BCUT2D eigenvalue weighted by Crippen LogP contribution is 2.30. The fourth-order valence-corrected chi connectivity index (χ4v) is 2.66. The van der Waals surface area contributed by atoms with Crippen molar-refractivity contribution in [2.75, 3.05) is 0 Å². The van der Waals surface area contributed by atoms with Crippen molar-refractivity contribution in [1.82, 2.24) is 0 Å². The van der Waals surface area contributed by atoms with Crippen molar-refractivity contribution in [3.8, 4) is 17.2 Å². The zero-order valence-electron chi connectivity index (χ0n) is 20.7. The van der Waals surface area contributed by atoms with Gasteiger partial charge in [-0.1, -0.05) is 115 Å². The lowest BCUT2D eigenvalue weighted by Crippen LogP contribution is -1.95. The second-order valence-electron chi connectivity index (χ2n) is 7.66. The molecule has 3 N–H and O–H groups in total. The Bertz CT molecular complexity index is 801. The number of hydrogen-bond acceptors (Lipinski definition) is 3. The molecule has 0 heterocycles. The molecule has 3 nitrogen and oxygen atoms in total. The molecule has 0 aliphatic rings. The summed E-state index contributed by atoms with van der Waals surface area (Å²) in [7, 11) is 0. The lowest BCUT2D eigenvalue weighted by Gasteiger charge is -2.11. The molecule has 0 unspecified atom stereocenters. The molecule has 0 atom stereocenters. The highest BCUT2D eigenvalue weighted by molar-refractivity contribution is 5.48. The molecule has 3 rings (SSSR count). The number of rotatable bonds is 4. The highest BCUT2D eigenvalue weighted by Gasteiger charge is 2.11. The maximum atomic E-state index is 10.5. The summed E-state index contributed by atoms with van der Waals surface area (Å²) in [5.74, 6) is 0.648. The zero-order valence-corrected chi connectivity index (χ0v) is 20.7. The molecule has 0 aliphatic heterocycles. The molecule has 0 saturated carbocycles. The van der Waals surface area contributed by atoms with Gasteiger partial charge in [-0.3, -0.25) is 0 Å². The molecular formula is C29H42O3. The lowest BCUT2D eigenvalue weighted by molar-refractivity contribution is 0.457. The first-order chi connectivity index (χ1) is 15.4. The summed E-state index contributed by atoms with van der Waals surface area (Å²) in [6.07, 6.45) is 4.65. The van der Waals surface area contributed by atoms with Gasteiger partial charge in [-0.2, -0.15) is 0 Å². The Morgan fingerprint density at radius 1 is 0.438 bits per heavy atom. The van der Waals surface area contributed by atoms with Crippen LogP contribution in [0.5, 0.6) is 17.2 Å². The van der Waals surface area contributed by atoms with Crippen molar-refractivity contribution >= 4 is 0 Å². The first kappa shape index (κ1) is 29.1. The summed E-state index contributed by atoms with van der Waals surface area (Å²) < 4.78 is 0. The van der Waals surface area contributed by atoms with Crippen LogP contribution in [-0.4, -0.2) is 15.3 Å². The Morgan fingerprint density at radius 3 is 1.03 bits per heavy atom. The topological polar surface area (TPSA) is 60.7 Å². The van der Waals surface area contributed by atoms with E-state index in [0.29, 0.717) is 12.8 Å². The third-order valence-corrected chi connectivity index (χ3v) is 3.95. The van der Waals surface area contributed by atoms with E-state index in [-0.39, 0.29) is 17.2 Å². The van der Waals surface area contributed by atoms with Crippen LogP contribution in [0.2, 0.25) is 0 Å². The summed E-state index contributed by atoms with van der Waals surface area (Å²) in [5.41, 5.74) is 3.03. The smallest absolute Gasteiger partial charge is 0.122 e. The number of phenols is 3. The minimum Gasteiger partial charge on any atom is -0.508 e. The van der Waals surface area contributed by atoms with Crippen LogP contribution in [0.3, 0.4) is 0 Å². The molecule has 0 spiro atoms. The van der Waals surface area contributed by atoms with E-state index in [1.54, 1.807) is 24.3 Å². The molecule has 32 heavy (non-hydrogen) atoms. The van der Waals surface area contributed by atoms with Crippen molar-refractivity contribution in [3.63, 3.8) is 0 Å². The monoisotopic (exact) mass is 438 g/mol. The second kappa shape index (κ2) is 17.7. The van der Waals surface area contributed by atoms with Crippen molar-refractivity contribution in [3.05, 3.63) is 89.0 Å². The van der Waals surface area contributed by atoms with Crippen LogP contribution in [0.25, 0.3) is 0 Å². The average Bonchev–Trinajstić information content (AvgIpc) is 2.76. The Hall–Kier alpha value is -2.94. The van der Waals surface area contributed by atoms with Gasteiger partial charge in [0.2, 0.25) is 0 Å². The van der Waals surface area contributed by atoms with Crippen molar-refractivity contribution in [1.29, 1.82) is 0 Å². The van der Waals surface area contributed by atoms with Gasteiger partial charge >= 0.3 is 0 Å². The Balaban J connectivity index is 0.000000925. The summed E-state index contributed by atoms with van der Waals surface area (Å²) in [5, 5.41) is 30.3. The van der Waals surface area contributed by atoms with E-state index in [4.69, 9.17) is 0 Å². The van der Waals surface area contributed by atoms with E-state index >= 15 is 0 Å². The number of aromatic hydroxyl groups is 3. The molecule has 3 aromatic carbocycles. The van der Waals surface area contributed by atoms with Crippen molar-refractivity contribution < 1.29 is 15.3 Å². The predicted molar refractivity (Wildman–Crippen MR) is 138 cm³/mol. The van der Waals surface area contributed by atoms with Crippen LogP contribution in [0.1, 0.15) is 83.1 Å². The molecule has 0 aliphatic carbocycles. The van der Waals surface area contributed by atoms with E-state index < -0.39 is 0 Å². The van der Waals surface area contributed by atoms with Crippen LogP contribution in [0.4, 0.5) is 0 Å². The van der Waals surface area contributed by atoms with Gasteiger partial charge in [-0.15, -0.1) is 0 Å². The maximum Gasteiger partial charge on any atom is 0.122 e. The fraction of sp³-hybridized carbons (Fsp3) is 0.379. The van der Waals surface area contributed by atoms with E-state index in [0.717, 1.165) is 22.3 Å². The minimum atomic E-state index is 0.207. The van der Waals surface area contributed by atoms with Gasteiger partial charge in [0.25, 0.3) is 0 Å². The predicted octanol–water partition coefficient (Wildman–Crippen LogP) is 8.23. The molecule has 0 amide bonds. The molecular weight excluding hydrogens is 396 g/mol. The molecule has 0 aromatic heterocycles. The molecule has 176 valence electrons. The van der Waals surface area contributed by atoms with Crippen molar-refractivity contribution in [2.45, 2.75) is 73.6 Å². The number of benzene rings is 3. The SMILES string of the molecule is CCC.CCC.CCC.Oc1ccccc1Cc1cccc(Cc2ccccc2O)c1O. The summed E-state index contributed by atoms with van der Waals surface area (Å²) in [4.78, 5) is 0. The Labute approximate surface area is 195 Å². The quantitative estimate of drug-likeness (QED) is 0.384.